The van der Waals surface area contributed by atoms with Crippen molar-refractivity contribution in [1.29, 1.82) is 0 Å². The number of rotatable bonds is 2. The fourth-order valence-corrected chi connectivity index (χ4v) is 4.37. The summed E-state index contributed by atoms with van der Waals surface area (Å²) in [4.78, 5) is 5.06. The Balaban J connectivity index is 2.17. The SMILES string of the molecule is Cc1c(Br)c(Br)cc2c1nc(C1CCC(N)CC1)n2C(C)C. The highest BCUT2D eigenvalue weighted by atomic mass is 79.9. The first-order valence-electron chi connectivity index (χ1n) is 8.02. The molecule has 1 heterocycles. The number of hydrogen-bond donors (Lipinski definition) is 1. The number of nitrogens with two attached hydrogens (primary N) is 1. The second-order valence-electron chi connectivity index (χ2n) is 6.71. The second kappa shape index (κ2) is 6.25. The van der Waals surface area contributed by atoms with E-state index in [0.29, 0.717) is 18.0 Å². The van der Waals surface area contributed by atoms with Gasteiger partial charge in [-0.15, -0.1) is 0 Å². The van der Waals surface area contributed by atoms with Gasteiger partial charge in [-0.05, 0) is 89.9 Å². The molecule has 1 fully saturated rings. The Kier molecular flexibility index (Phi) is 4.68. The standard InChI is InChI=1S/C17H23Br2N3/c1-9(2)22-14-8-13(18)15(19)10(3)16(14)21-17(22)11-4-6-12(20)7-5-11/h8-9,11-12H,4-7,20H2,1-3H3. The van der Waals surface area contributed by atoms with Crippen LogP contribution in [0.5, 0.6) is 0 Å². The lowest BCUT2D eigenvalue weighted by Crippen LogP contribution is -2.27. The average molecular weight is 429 g/mol. The van der Waals surface area contributed by atoms with Crippen molar-refractivity contribution in [3.63, 3.8) is 0 Å². The summed E-state index contributed by atoms with van der Waals surface area (Å²) in [5.74, 6) is 1.77. The lowest BCUT2D eigenvalue weighted by Gasteiger charge is -2.27. The summed E-state index contributed by atoms with van der Waals surface area (Å²) < 4.78 is 4.61. The van der Waals surface area contributed by atoms with Crippen LogP contribution in [0.15, 0.2) is 15.0 Å². The van der Waals surface area contributed by atoms with Gasteiger partial charge in [0.05, 0.1) is 11.0 Å². The summed E-state index contributed by atoms with van der Waals surface area (Å²) in [5.41, 5.74) is 9.63. The summed E-state index contributed by atoms with van der Waals surface area (Å²) in [6.07, 6.45) is 4.52. The third-order valence-corrected chi connectivity index (χ3v) is 6.97. The van der Waals surface area contributed by atoms with Gasteiger partial charge in [0.1, 0.15) is 5.82 Å². The van der Waals surface area contributed by atoms with Gasteiger partial charge in [-0.1, -0.05) is 0 Å². The van der Waals surface area contributed by atoms with Crippen molar-refractivity contribution < 1.29 is 0 Å². The van der Waals surface area contributed by atoms with E-state index in [-0.39, 0.29) is 0 Å². The number of imidazole rings is 1. The van der Waals surface area contributed by atoms with Gasteiger partial charge >= 0.3 is 0 Å². The van der Waals surface area contributed by atoms with Gasteiger partial charge in [-0.25, -0.2) is 4.98 Å². The van der Waals surface area contributed by atoms with Gasteiger partial charge in [0.2, 0.25) is 0 Å². The first-order chi connectivity index (χ1) is 10.4. The topological polar surface area (TPSA) is 43.8 Å². The van der Waals surface area contributed by atoms with Crippen molar-refractivity contribution in [2.24, 2.45) is 5.73 Å². The highest BCUT2D eigenvalue weighted by Gasteiger charge is 2.27. The Hall–Kier alpha value is -0.390. The summed E-state index contributed by atoms with van der Waals surface area (Å²) in [7, 11) is 0. The molecule has 2 N–H and O–H groups in total. The van der Waals surface area contributed by atoms with Crippen LogP contribution in [-0.4, -0.2) is 15.6 Å². The van der Waals surface area contributed by atoms with E-state index in [2.05, 4.69) is 63.3 Å². The lowest BCUT2D eigenvalue weighted by atomic mass is 9.86. The Morgan fingerprint density at radius 1 is 1.23 bits per heavy atom. The zero-order chi connectivity index (χ0) is 16.0. The third kappa shape index (κ3) is 2.76. The summed E-state index contributed by atoms with van der Waals surface area (Å²) in [6, 6.07) is 2.97. The molecule has 22 heavy (non-hydrogen) atoms. The van der Waals surface area contributed by atoms with Crippen molar-refractivity contribution in [3.05, 3.63) is 26.4 Å². The van der Waals surface area contributed by atoms with Crippen molar-refractivity contribution >= 4 is 42.9 Å². The largest absolute Gasteiger partial charge is 0.328 e. The van der Waals surface area contributed by atoms with Crippen LogP contribution in [-0.2, 0) is 0 Å². The second-order valence-corrected chi connectivity index (χ2v) is 8.36. The Morgan fingerprint density at radius 3 is 2.45 bits per heavy atom. The zero-order valence-electron chi connectivity index (χ0n) is 13.4. The van der Waals surface area contributed by atoms with Crippen molar-refractivity contribution in [1.82, 2.24) is 9.55 Å². The quantitative estimate of drug-likeness (QED) is 0.692. The maximum atomic E-state index is 6.07. The monoisotopic (exact) mass is 427 g/mol. The first kappa shape index (κ1) is 16.5. The molecule has 120 valence electrons. The number of halogens is 2. The van der Waals surface area contributed by atoms with Gasteiger partial charge < -0.3 is 10.3 Å². The van der Waals surface area contributed by atoms with Crippen LogP contribution in [0.1, 0.15) is 62.9 Å². The molecule has 3 nitrogen and oxygen atoms in total. The molecule has 3 rings (SSSR count). The highest BCUT2D eigenvalue weighted by molar-refractivity contribution is 9.13. The van der Waals surface area contributed by atoms with Crippen LogP contribution in [0.2, 0.25) is 0 Å². The van der Waals surface area contributed by atoms with E-state index in [1.165, 1.54) is 16.9 Å². The molecule has 0 amide bonds. The van der Waals surface area contributed by atoms with Crippen LogP contribution < -0.4 is 5.73 Å². The number of nitrogens with zero attached hydrogens (tertiary/aromatic N) is 2. The Labute approximate surface area is 148 Å². The van der Waals surface area contributed by atoms with Crippen molar-refractivity contribution in [2.75, 3.05) is 0 Å². The van der Waals surface area contributed by atoms with E-state index in [4.69, 9.17) is 10.7 Å². The minimum absolute atomic E-state index is 0.373. The van der Waals surface area contributed by atoms with Gasteiger partial charge in [0.25, 0.3) is 0 Å². The molecule has 0 aliphatic heterocycles. The number of fused-ring (bicyclic) bond motifs is 1. The smallest absolute Gasteiger partial charge is 0.113 e. The van der Waals surface area contributed by atoms with Crippen LogP contribution in [0, 0.1) is 6.92 Å². The van der Waals surface area contributed by atoms with Gasteiger partial charge in [-0.3, -0.25) is 0 Å². The molecule has 1 aromatic heterocycles. The van der Waals surface area contributed by atoms with Crippen LogP contribution in [0.4, 0.5) is 0 Å². The molecule has 5 heteroatoms. The normalized spacial score (nSPS) is 22.7. The summed E-state index contributed by atoms with van der Waals surface area (Å²) in [6.45, 7) is 6.62. The minimum Gasteiger partial charge on any atom is -0.328 e. The van der Waals surface area contributed by atoms with Crippen LogP contribution in [0.3, 0.4) is 0 Å². The predicted octanol–water partition coefficient (Wildman–Crippen LogP) is 5.44. The van der Waals surface area contributed by atoms with Crippen molar-refractivity contribution in [2.45, 2.75) is 64.5 Å². The molecule has 1 saturated carbocycles. The molecule has 0 saturated heterocycles. The average Bonchev–Trinajstić information content (AvgIpc) is 2.85. The van der Waals surface area contributed by atoms with E-state index in [1.54, 1.807) is 0 Å². The van der Waals surface area contributed by atoms with Crippen LogP contribution in [0.25, 0.3) is 11.0 Å². The molecule has 0 radical (unpaired) electrons. The fraction of sp³-hybridized carbons (Fsp3) is 0.588. The molecular formula is C17H23Br2N3. The van der Waals surface area contributed by atoms with E-state index < -0.39 is 0 Å². The van der Waals surface area contributed by atoms with Gasteiger partial charge in [0, 0.05) is 26.9 Å². The molecule has 0 atom stereocenters. The third-order valence-electron chi connectivity index (χ3n) is 4.79. The molecule has 1 aliphatic rings. The first-order valence-corrected chi connectivity index (χ1v) is 9.60. The molecule has 2 aromatic rings. The molecule has 0 spiro atoms. The minimum atomic E-state index is 0.373. The van der Waals surface area contributed by atoms with E-state index in [9.17, 15) is 0 Å². The predicted molar refractivity (Wildman–Crippen MR) is 99.4 cm³/mol. The van der Waals surface area contributed by atoms with Crippen LogP contribution >= 0.6 is 31.9 Å². The van der Waals surface area contributed by atoms with Crippen molar-refractivity contribution in [3.8, 4) is 0 Å². The molecule has 0 unspecified atom stereocenters. The van der Waals surface area contributed by atoms with Gasteiger partial charge in [-0.2, -0.15) is 0 Å². The fourth-order valence-electron chi connectivity index (χ4n) is 3.55. The Morgan fingerprint density at radius 2 is 1.86 bits per heavy atom. The molecule has 1 aliphatic carbocycles. The summed E-state index contributed by atoms with van der Waals surface area (Å²) >= 11 is 7.32. The molecule has 0 bridgehead atoms. The van der Waals surface area contributed by atoms with Gasteiger partial charge in [0.15, 0.2) is 0 Å². The Bertz CT molecular complexity index is 698. The number of aryl methyl sites for hydroxylation is 1. The summed E-state index contributed by atoms with van der Waals surface area (Å²) in [5, 5.41) is 0. The maximum Gasteiger partial charge on any atom is 0.113 e. The lowest BCUT2D eigenvalue weighted by molar-refractivity contribution is 0.372. The van der Waals surface area contributed by atoms with E-state index >= 15 is 0 Å². The number of aromatic nitrogens is 2. The highest BCUT2D eigenvalue weighted by Crippen LogP contribution is 2.39. The van der Waals surface area contributed by atoms with E-state index in [0.717, 1.165) is 40.1 Å². The molecular weight excluding hydrogens is 406 g/mol. The number of hydrogen-bond acceptors (Lipinski definition) is 2. The van der Waals surface area contributed by atoms with E-state index in [1.807, 2.05) is 0 Å². The maximum absolute atomic E-state index is 6.07. The number of benzene rings is 1. The zero-order valence-corrected chi connectivity index (χ0v) is 16.5. The molecule has 1 aromatic carbocycles.